The van der Waals surface area contributed by atoms with Crippen LogP contribution in [0.1, 0.15) is 0 Å². The molecule has 1 aromatic carbocycles. The van der Waals surface area contributed by atoms with Crippen molar-refractivity contribution in [1.82, 2.24) is 0 Å². The van der Waals surface area contributed by atoms with Crippen molar-refractivity contribution in [3.63, 3.8) is 0 Å². The predicted molar refractivity (Wildman–Crippen MR) is 52.2 cm³/mol. The second-order valence-electron chi connectivity index (χ2n) is 2.55. The maximum absolute atomic E-state index is 12.2. The highest BCUT2D eigenvalue weighted by Crippen LogP contribution is 2.17. The van der Waals surface area contributed by atoms with Gasteiger partial charge in [-0.2, -0.15) is 0 Å². The van der Waals surface area contributed by atoms with Crippen LogP contribution in [0.5, 0.6) is 5.75 Å². The molecule has 1 unspecified atom stereocenters. The number of carboxylic acid groups (broad SMARTS) is 1. The van der Waals surface area contributed by atoms with E-state index in [9.17, 15) is 9.18 Å². The standard InChI is InChI=1S/C9H8BrFO3/c10-6-1-3-7(4-2-6)14-8(5-11)9(12)13/h1-4,8H,5H2,(H,12,13). The molecule has 0 amide bonds. The average Bonchev–Trinajstić information content (AvgIpc) is 2.16. The Bertz CT molecular complexity index is 312. The minimum absolute atomic E-state index is 0.332. The summed E-state index contributed by atoms with van der Waals surface area (Å²) >= 11 is 3.21. The van der Waals surface area contributed by atoms with Crippen molar-refractivity contribution in [3.8, 4) is 5.75 Å². The Kier molecular flexibility index (Phi) is 3.88. The van der Waals surface area contributed by atoms with Crippen molar-refractivity contribution in [2.24, 2.45) is 0 Å². The Morgan fingerprint density at radius 3 is 2.50 bits per heavy atom. The first-order valence-corrected chi connectivity index (χ1v) is 4.64. The van der Waals surface area contributed by atoms with E-state index in [2.05, 4.69) is 15.9 Å². The van der Waals surface area contributed by atoms with Crippen LogP contribution in [0.25, 0.3) is 0 Å². The van der Waals surface area contributed by atoms with Crippen molar-refractivity contribution < 1.29 is 19.0 Å². The molecule has 0 saturated carbocycles. The summed E-state index contributed by atoms with van der Waals surface area (Å²) in [7, 11) is 0. The molecule has 0 heterocycles. The van der Waals surface area contributed by atoms with Gasteiger partial charge in [0.25, 0.3) is 0 Å². The second-order valence-corrected chi connectivity index (χ2v) is 3.47. The summed E-state index contributed by atoms with van der Waals surface area (Å²) in [5, 5.41) is 8.51. The van der Waals surface area contributed by atoms with Gasteiger partial charge in [0.2, 0.25) is 6.10 Å². The quantitative estimate of drug-likeness (QED) is 0.906. The van der Waals surface area contributed by atoms with Gasteiger partial charge in [0.05, 0.1) is 0 Å². The molecular formula is C9H8BrFO3. The van der Waals surface area contributed by atoms with Crippen LogP contribution in [0, 0.1) is 0 Å². The average molecular weight is 263 g/mol. The molecule has 0 fully saturated rings. The molecule has 0 bridgehead atoms. The van der Waals surface area contributed by atoms with Gasteiger partial charge in [-0.05, 0) is 24.3 Å². The number of halogens is 2. The fourth-order valence-corrected chi connectivity index (χ4v) is 1.09. The van der Waals surface area contributed by atoms with E-state index in [1.807, 2.05) is 0 Å². The first-order valence-electron chi connectivity index (χ1n) is 3.84. The third kappa shape index (κ3) is 2.99. The smallest absolute Gasteiger partial charge is 0.347 e. The number of ether oxygens (including phenoxy) is 1. The highest BCUT2D eigenvalue weighted by atomic mass is 79.9. The Hall–Kier alpha value is -1.10. The molecule has 0 aliphatic heterocycles. The van der Waals surface area contributed by atoms with Gasteiger partial charge in [-0.1, -0.05) is 15.9 Å². The normalized spacial score (nSPS) is 12.1. The molecule has 76 valence electrons. The van der Waals surface area contributed by atoms with Crippen LogP contribution in [-0.4, -0.2) is 23.9 Å². The van der Waals surface area contributed by atoms with Crippen LogP contribution in [0.2, 0.25) is 0 Å². The van der Waals surface area contributed by atoms with E-state index in [4.69, 9.17) is 9.84 Å². The highest BCUT2D eigenvalue weighted by molar-refractivity contribution is 9.10. The van der Waals surface area contributed by atoms with Gasteiger partial charge in [0, 0.05) is 4.47 Å². The van der Waals surface area contributed by atoms with Crippen LogP contribution in [0.3, 0.4) is 0 Å². The summed E-state index contributed by atoms with van der Waals surface area (Å²) < 4.78 is 17.9. The molecule has 1 atom stereocenters. The zero-order chi connectivity index (χ0) is 10.6. The summed E-state index contributed by atoms with van der Waals surface area (Å²) in [5.41, 5.74) is 0. The van der Waals surface area contributed by atoms with Crippen LogP contribution >= 0.6 is 15.9 Å². The van der Waals surface area contributed by atoms with Gasteiger partial charge in [0.15, 0.2) is 0 Å². The van der Waals surface area contributed by atoms with Crippen LogP contribution in [0.15, 0.2) is 28.7 Å². The Balaban J connectivity index is 2.67. The van der Waals surface area contributed by atoms with Crippen LogP contribution in [0.4, 0.5) is 4.39 Å². The Labute approximate surface area is 88.6 Å². The lowest BCUT2D eigenvalue weighted by molar-refractivity contribution is -0.145. The summed E-state index contributed by atoms with van der Waals surface area (Å²) in [6, 6.07) is 6.50. The number of carbonyl (C=O) groups is 1. The molecule has 0 aliphatic rings. The molecule has 0 saturated heterocycles. The summed E-state index contributed by atoms with van der Waals surface area (Å²) in [5.74, 6) is -0.978. The summed E-state index contributed by atoms with van der Waals surface area (Å²) in [4.78, 5) is 10.4. The number of hydrogen-bond donors (Lipinski definition) is 1. The highest BCUT2D eigenvalue weighted by Gasteiger charge is 2.18. The predicted octanol–water partition coefficient (Wildman–Crippen LogP) is 2.25. The first kappa shape index (κ1) is 11.0. The molecule has 0 spiro atoms. The monoisotopic (exact) mass is 262 g/mol. The van der Waals surface area contributed by atoms with Crippen LogP contribution in [-0.2, 0) is 4.79 Å². The molecule has 1 rings (SSSR count). The lowest BCUT2D eigenvalue weighted by atomic mass is 10.3. The van der Waals surface area contributed by atoms with Gasteiger partial charge in [-0.25, -0.2) is 9.18 Å². The molecule has 0 aromatic heterocycles. The Morgan fingerprint density at radius 2 is 2.07 bits per heavy atom. The van der Waals surface area contributed by atoms with Crippen LogP contribution < -0.4 is 4.74 Å². The zero-order valence-corrected chi connectivity index (χ0v) is 8.70. The minimum Gasteiger partial charge on any atom is -0.478 e. The summed E-state index contributed by atoms with van der Waals surface area (Å²) in [6.07, 6.45) is -1.43. The first-order chi connectivity index (χ1) is 6.63. The molecule has 14 heavy (non-hydrogen) atoms. The van der Waals surface area contributed by atoms with Gasteiger partial charge < -0.3 is 9.84 Å². The maximum Gasteiger partial charge on any atom is 0.347 e. The second kappa shape index (κ2) is 4.95. The van der Waals surface area contributed by atoms with E-state index in [0.717, 1.165) is 4.47 Å². The number of benzene rings is 1. The fraction of sp³-hybridized carbons (Fsp3) is 0.222. The number of alkyl halides is 1. The van der Waals surface area contributed by atoms with Gasteiger partial charge >= 0.3 is 5.97 Å². The molecule has 0 radical (unpaired) electrons. The molecule has 3 nitrogen and oxygen atoms in total. The molecular weight excluding hydrogens is 255 g/mol. The van der Waals surface area contributed by atoms with E-state index in [1.54, 1.807) is 24.3 Å². The SMILES string of the molecule is O=C(O)C(CF)Oc1ccc(Br)cc1. The lowest BCUT2D eigenvalue weighted by Crippen LogP contribution is -2.28. The number of rotatable bonds is 4. The Morgan fingerprint density at radius 1 is 1.50 bits per heavy atom. The van der Waals surface area contributed by atoms with E-state index in [1.165, 1.54) is 0 Å². The molecule has 0 aliphatic carbocycles. The minimum atomic E-state index is -1.43. The molecule has 5 heteroatoms. The number of hydrogen-bond acceptors (Lipinski definition) is 2. The maximum atomic E-state index is 12.2. The van der Waals surface area contributed by atoms with E-state index < -0.39 is 18.7 Å². The van der Waals surface area contributed by atoms with Gasteiger partial charge in [0.1, 0.15) is 12.4 Å². The molecule has 1 N–H and O–H groups in total. The van der Waals surface area contributed by atoms with E-state index in [0.29, 0.717) is 5.75 Å². The lowest BCUT2D eigenvalue weighted by Gasteiger charge is -2.11. The van der Waals surface area contributed by atoms with Crippen molar-refractivity contribution in [1.29, 1.82) is 0 Å². The summed E-state index contributed by atoms with van der Waals surface area (Å²) in [6.45, 7) is -1.05. The number of carboxylic acids is 1. The van der Waals surface area contributed by atoms with Gasteiger partial charge in [-0.3, -0.25) is 0 Å². The topological polar surface area (TPSA) is 46.5 Å². The third-order valence-corrected chi connectivity index (χ3v) is 2.04. The van der Waals surface area contributed by atoms with E-state index >= 15 is 0 Å². The van der Waals surface area contributed by atoms with E-state index in [-0.39, 0.29) is 0 Å². The van der Waals surface area contributed by atoms with Gasteiger partial charge in [-0.15, -0.1) is 0 Å². The van der Waals surface area contributed by atoms with Crippen molar-refractivity contribution in [2.45, 2.75) is 6.10 Å². The largest absolute Gasteiger partial charge is 0.478 e. The number of aliphatic carboxylic acids is 1. The third-order valence-electron chi connectivity index (χ3n) is 1.51. The van der Waals surface area contributed by atoms with Crippen molar-refractivity contribution in [3.05, 3.63) is 28.7 Å². The van der Waals surface area contributed by atoms with Crippen molar-refractivity contribution in [2.75, 3.05) is 6.67 Å². The fourth-order valence-electron chi connectivity index (χ4n) is 0.825. The molecule has 1 aromatic rings. The zero-order valence-electron chi connectivity index (χ0n) is 7.11. The van der Waals surface area contributed by atoms with Crippen molar-refractivity contribution >= 4 is 21.9 Å².